The van der Waals surface area contributed by atoms with E-state index >= 15 is 0 Å². The summed E-state index contributed by atoms with van der Waals surface area (Å²) in [4.78, 5) is 0. The summed E-state index contributed by atoms with van der Waals surface area (Å²) in [5.41, 5.74) is 2.34. The van der Waals surface area contributed by atoms with Crippen molar-refractivity contribution in [1.29, 1.82) is 0 Å². The van der Waals surface area contributed by atoms with E-state index in [-0.39, 0.29) is 0 Å². The van der Waals surface area contributed by atoms with Crippen molar-refractivity contribution >= 4 is 0 Å². The molecule has 18 heavy (non-hydrogen) atoms. The molecule has 2 rings (SSSR count). The zero-order valence-corrected chi connectivity index (χ0v) is 10.3. The highest BCUT2D eigenvalue weighted by molar-refractivity contribution is 5.63. The first kappa shape index (κ1) is 12.4. The number of aliphatic hydroxyl groups excluding tert-OH is 1. The molecule has 2 aromatic rings. The van der Waals surface area contributed by atoms with Gasteiger partial charge in [0.15, 0.2) is 0 Å². The van der Waals surface area contributed by atoms with Gasteiger partial charge in [-0.1, -0.05) is 42.5 Å². The van der Waals surface area contributed by atoms with E-state index in [0.29, 0.717) is 0 Å². The number of hydrogen-bond acceptors (Lipinski definition) is 2. The van der Waals surface area contributed by atoms with Crippen LogP contribution in [0.4, 0.5) is 0 Å². The van der Waals surface area contributed by atoms with Gasteiger partial charge < -0.3 is 9.84 Å². The SMILES string of the molecule is CC(O)C=COc1ccc(-c2ccccc2)cc1. The minimum absolute atomic E-state index is 0.492. The lowest BCUT2D eigenvalue weighted by molar-refractivity contribution is 0.241. The fourth-order valence-electron chi connectivity index (χ4n) is 1.59. The average molecular weight is 240 g/mol. The summed E-state index contributed by atoms with van der Waals surface area (Å²) in [6.45, 7) is 1.68. The molecular weight excluding hydrogens is 224 g/mol. The van der Waals surface area contributed by atoms with Gasteiger partial charge in [0.05, 0.1) is 12.4 Å². The van der Waals surface area contributed by atoms with Crippen molar-refractivity contribution in [3.63, 3.8) is 0 Å². The van der Waals surface area contributed by atoms with Gasteiger partial charge in [-0.15, -0.1) is 0 Å². The van der Waals surface area contributed by atoms with Gasteiger partial charge in [0.2, 0.25) is 0 Å². The standard InChI is InChI=1S/C16H16O2/c1-13(17)11-12-18-16-9-7-15(8-10-16)14-5-3-2-4-6-14/h2-13,17H,1H3. The summed E-state index contributed by atoms with van der Waals surface area (Å²) in [7, 11) is 0. The van der Waals surface area contributed by atoms with E-state index < -0.39 is 6.10 Å². The van der Waals surface area contributed by atoms with Gasteiger partial charge in [0.25, 0.3) is 0 Å². The second-order valence-electron chi connectivity index (χ2n) is 4.08. The Labute approximate surface area is 107 Å². The van der Waals surface area contributed by atoms with E-state index in [1.165, 1.54) is 11.8 Å². The summed E-state index contributed by atoms with van der Waals surface area (Å²) >= 11 is 0. The number of hydrogen-bond donors (Lipinski definition) is 1. The van der Waals surface area contributed by atoms with Crippen LogP contribution in [0, 0.1) is 0 Å². The highest BCUT2D eigenvalue weighted by atomic mass is 16.5. The van der Waals surface area contributed by atoms with Crippen molar-refractivity contribution < 1.29 is 9.84 Å². The summed E-state index contributed by atoms with van der Waals surface area (Å²) in [5.74, 6) is 0.756. The second kappa shape index (κ2) is 6.03. The van der Waals surface area contributed by atoms with Crippen LogP contribution in [0.5, 0.6) is 5.75 Å². The number of aliphatic hydroxyl groups is 1. The van der Waals surface area contributed by atoms with Crippen molar-refractivity contribution in [1.82, 2.24) is 0 Å². The van der Waals surface area contributed by atoms with Gasteiger partial charge in [-0.3, -0.25) is 0 Å². The van der Waals surface area contributed by atoms with Crippen LogP contribution in [0.2, 0.25) is 0 Å². The third kappa shape index (κ3) is 3.47. The maximum atomic E-state index is 9.06. The average Bonchev–Trinajstić information content (AvgIpc) is 2.40. The summed E-state index contributed by atoms with van der Waals surface area (Å²) in [5, 5.41) is 9.06. The second-order valence-corrected chi connectivity index (χ2v) is 4.08. The van der Waals surface area contributed by atoms with Gasteiger partial charge in [-0.2, -0.15) is 0 Å². The maximum absolute atomic E-state index is 9.06. The molecule has 0 saturated heterocycles. The van der Waals surface area contributed by atoms with Crippen LogP contribution >= 0.6 is 0 Å². The molecule has 2 aromatic carbocycles. The van der Waals surface area contributed by atoms with E-state index in [1.54, 1.807) is 13.0 Å². The van der Waals surface area contributed by atoms with Crippen LogP contribution in [-0.2, 0) is 0 Å². The molecule has 0 radical (unpaired) electrons. The molecule has 0 spiro atoms. The zero-order valence-electron chi connectivity index (χ0n) is 10.3. The fourth-order valence-corrected chi connectivity index (χ4v) is 1.59. The third-order valence-corrected chi connectivity index (χ3v) is 2.52. The summed E-state index contributed by atoms with van der Waals surface area (Å²) < 4.78 is 5.37. The van der Waals surface area contributed by atoms with Crippen LogP contribution < -0.4 is 4.74 Å². The molecule has 0 amide bonds. The topological polar surface area (TPSA) is 29.5 Å². The molecule has 0 aromatic heterocycles. The van der Waals surface area contributed by atoms with Crippen LogP contribution in [-0.4, -0.2) is 11.2 Å². The number of benzene rings is 2. The van der Waals surface area contributed by atoms with E-state index in [9.17, 15) is 0 Å². The Morgan fingerprint density at radius 2 is 1.56 bits per heavy atom. The lowest BCUT2D eigenvalue weighted by atomic mass is 10.1. The van der Waals surface area contributed by atoms with Crippen molar-refractivity contribution in [2.45, 2.75) is 13.0 Å². The molecule has 0 aliphatic heterocycles. The van der Waals surface area contributed by atoms with Crippen molar-refractivity contribution in [2.75, 3.05) is 0 Å². The monoisotopic (exact) mass is 240 g/mol. The van der Waals surface area contributed by atoms with Crippen molar-refractivity contribution in [2.24, 2.45) is 0 Å². The van der Waals surface area contributed by atoms with Gasteiger partial charge in [-0.05, 0) is 36.3 Å². The van der Waals surface area contributed by atoms with E-state index in [4.69, 9.17) is 9.84 Å². The number of ether oxygens (including phenoxy) is 1. The molecule has 1 atom stereocenters. The molecule has 92 valence electrons. The van der Waals surface area contributed by atoms with Crippen LogP contribution in [0.25, 0.3) is 11.1 Å². The molecule has 0 aliphatic rings. The first-order valence-electron chi connectivity index (χ1n) is 5.92. The van der Waals surface area contributed by atoms with Crippen LogP contribution in [0.15, 0.2) is 66.9 Å². The predicted molar refractivity (Wildman–Crippen MR) is 73.3 cm³/mol. The highest BCUT2D eigenvalue weighted by Gasteiger charge is 1.97. The molecule has 1 unspecified atom stereocenters. The Hall–Kier alpha value is -2.06. The third-order valence-electron chi connectivity index (χ3n) is 2.52. The summed E-state index contributed by atoms with van der Waals surface area (Å²) in [6, 6.07) is 18.0. The quantitative estimate of drug-likeness (QED) is 0.827. The van der Waals surface area contributed by atoms with Crippen LogP contribution in [0.1, 0.15) is 6.92 Å². The zero-order chi connectivity index (χ0) is 12.8. The Balaban J connectivity index is 2.06. The lowest BCUT2D eigenvalue weighted by Crippen LogP contribution is -1.93. The first-order chi connectivity index (χ1) is 8.75. The molecule has 1 N–H and O–H groups in total. The maximum Gasteiger partial charge on any atom is 0.126 e. The van der Waals surface area contributed by atoms with Gasteiger partial charge >= 0.3 is 0 Å². The molecule has 2 nitrogen and oxygen atoms in total. The van der Waals surface area contributed by atoms with E-state index in [2.05, 4.69) is 12.1 Å². The Kier molecular flexibility index (Phi) is 4.15. The Morgan fingerprint density at radius 3 is 2.17 bits per heavy atom. The van der Waals surface area contributed by atoms with Gasteiger partial charge in [0.1, 0.15) is 5.75 Å². The van der Waals surface area contributed by atoms with Crippen molar-refractivity contribution in [3.05, 3.63) is 66.9 Å². The predicted octanol–water partition coefficient (Wildman–Crippen LogP) is 3.63. The molecule has 0 saturated carbocycles. The van der Waals surface area contributed by atoms with E-state index in [0.717, 1.165) is 11.3 Å². The van der Waals surface area contributed by atoms with Crippen LogP contribution in [0.3, 0.4) is 0 Å². The summed E-state index contributed by atoms with van der Waals surface area (Å²) in [6.07, 6.45) is 2.60. The molecular formula is C16H16O2. The fraction of sp³-hybridized carbons (Fsp3) is 0.125. The largest absolute Gasteiger partial charge is 0.465 e. The number of rotatable bonds is 4. The van der Waals surface area contributed by atoms with Gasteiger partial charge in [-0.25, -0.2) is 0 Å². The first-order valence-corrected chi connectivity index (χ1v) is 5.92. The normalized spacial score (nSPS) is 12.6. The van der Waals surface area contributed by atoms with Crippen molar-refractivity contribution in [3.8, 4) is 16.9 Å². The molecule has 2 heteroatoms. The van der Waals surface area contributed by atoms with E-state index in [1.807, 2.05) is 42.5 Å². The Morgan fingerprint density at radius 1 is 0.944 bits per heavy atom. The highest BCUT2D eigenvalue weighted by Crippen LogP contribution is 2.22. The minimum Gasteiger partial charge on any atom is -0.465 e. The molecule has 0 heterocycles. The molecule has 0 fully saturated rings. The molecule has 0 bridgehead atoms. The minimum atomic E-state index is -0.492. The lowest BCUT2D eigenvalue weighted by Gasteiger charge is -2.04. The smallest absolute Gasteiger partial charge is 0.126 e. The Bertz CT molecular complexity index is 498. The molecule has 0 aliphatic carbocycles. The van der Waals surface area contributed by atoms with Gasteiger partial charge in [0, 0.05) is 0 Å².